The molecule has 0 spiro atoms. The summed E-state index contributed by atoms with van der Waals surface area (Å²) in [6.45, 7) is 4.53. The molecule has 0 saturated carbocycles. The number of rotatable bonds is 5. The minimum atomic E-state index is -0.474. The molecule has 0 atom stereocenters. The van der Waals surface area contributed by atoms with Crippen LogP contribution in [0.25, 0.3) is 6.08 Å². The molecule has 2 aromatic carbocycles. The molecule has 0 radical (unpaired) electrons. The first-order chi connectivity index (χ1) is 17.9. The van der Waals surface area contributed by atoms with Gasteiger partial charge in [-0.05, 0) is 48.0 Å². The molecule has 2 aliphatic rings. The first-order valence-electron chi connectivity index (χ1n) is 11.5. The maximum atomic E-state index is 12.5. The number of anilines is 2. The van der Waals surface area contributed by atoms with Crippen LogP contribution in [0, 0.1) is 10.1 Å². The molecule has 3 heterocycles. The number of carbonyl (C=O) groups excluding carboxylic acids is 2. The van der Waals surface area contributed by atoms with E-state index in [2.05, 4.69) is 20.2 Å². The highest BCUT2D eigenvalue weighted by Gasteiger charge is 2.24. The van der Waals surface area contributed by atoms with Crippen LogP contribution >= 0.6 is 11.8 Å². The molecule has 0 unspecified atom stereocenters. The molecule has 2 amide bonds. The van der Waals surface area contributed by atoms with Gasteiger partial charge in [-0.1, -0.05) is 11.8 Å². The largest absolute Gasteiger partial charge is 0.424 e. The number of benzene rings is 2. The number of amides is 2. The fourth-order valence-corrected chi connectivity index (χ4v) is 4.83. The van der Waals surface area contributed by atoms with Gasteiger partial charge >= 0.3 is 6.01 Å². The Bertz CT molecular complexity index is 1390. The van der Waals surface area contributed by atoms with E-state index in [1.807, 2.05) is 29.2 Å². The Balaban J connectivity index is 1.26. The number of thioether (sulfide) groups is 1. The van der Waals surface area contributed by atoms with E-state index in [1.165, 1.54) is 30.1 Å². The van der Waals surface area contributed by atoms with Crippen molar-refractivity contribution >= 4 is 46.7 Å². The van der Waals surface area contributed by atoms with Gasteiger partial charge in [0, 0.05) is 50.9 Å². The Morgan fingerprint density at radius 2 is 1.81 bits per heavy atom. The number of nitrogens with zero attached hydrogens (tertiary/aromatic N) is 5. The number of non-ortho nitro benzene ring substituents is 1. The van der Waals surface area contributed by atoms with Crippen molar-refractivity contribution in [2.75, 3.05) is 36.4 Å². The predicted molar refractivity (Wildman–Crippen MR) is 139 cm³/mol. The number of nitrogens with one attached hydrogen (secondary N) is 1. The summed E-state index contributed by atoms with van der Waals surface area (Å²) >= 11 is 1.17. The molecular weight excluding hydrogens is 496 g/mol. The van der Waals surface area contributed by atoms with E-state index in [0.29, 0.717) is 40.0 Å². The summed E-state index contributed by atoms with van der Waals surface area (Å²) < 4.78 is 5.85. The monoisotopic (exact) mass is 518 g/mol. The van der Waals surface area contributed by atoms with Gasteiger partial charge in [-0.15, -0.1) is 0 Å². The van der Waals surface area contributed by atoms with Crippen LogP contribution in [0.3, 0.4) is 0 Å². The summed E-state index contributed by atoms with van der Waals surface area (Å²) in [5.74, 6) is 0.352. The molecule has 11 nitrogen and oxygen atoms in total. The number of nitro groups is 1. The van der Waals surface area contributed by atoms with Gasteiger partial charge in [-0.2, -0.15) is 4.98 Å². The smallest absolute Gasteiger partial charge is 0.323 e. The normalized spacial score (nSPS) is 16.2. The first-order valence-corrected chi connectivity index (χ1v) is 12.3. The minimum absolute atomic E-state index is 0.0219. The summed E-state index contributed by atoms with van der Waals surface area (Å²) in [6.07, 6.45) is 3.14. The Labute approximate surface area is 216 Å². The van der Waals surface area contributed by atoms with Gasteiger partial charge in [-0.3, -0.25) is 19.7 Å². The zero-order valence-corrected chi connectivity index (χ0v) is 20.6. The molecule has 0 aliphatic carbocycles. The molecule has 1 aromatic heterocycles. The average Bonchev–Trinajstić information content (AvgIpc) is 2.90. The lowest BCUT2D eigenvalue weighted by molar-refractivity contribution is -0.384. The highest BCUT2D eigenvalue weighted by molar-refractivity contribution is 8.04. The molecule has 2 aliphatic heterocycles. The van der Waals surface area contributed by atoms with Gasteiger partial charge in [0.2, 0.25) is 5.91 Å². The second-order valence-corrected chi connectivity index (χ2v) is 9.40. The van der Waals surface area contributed by atoms with Crippen molar-refractivity contribution in [3.8, 4) is 11.8 Å². The number of carbonyl (C=O) groups is 2. The molecule has 188 valence electrons. The van der Waals surface area contributed by atoms with E-state index in [4.69, 9.17) is 4.74 Å². The zero-order chi connectivity index (χ0) is 25.9. The van der Waals surface area contributed by atoms with Crippen molar-refractivity contribution in [3.63, 3.8) is 0 Å². The lowest BCUT2D eigenvalue weighted by atomic mass is 10.2. The van der Waals surface area contributed by atoms with Crippen LogP contribution in [0.5, 0.6) is 11.8 Å². The Kier molecular flexibility index (Phi) is 6.73. The lowest BCUT2D eigenvalue weighted by Gasteiger charge is -2.35. The van der Waals surface area contributed by atoms with Crippen molar-refractivity contribution in [1.29, 1.82) is 0 Å². The van der Waals surface area contributed by atoms with Crippen LogP contribution in [0.15, 0.2) is 64.7 Å². The molecule has 0 bridgehead atoms. The average molecular weight is 519 g/mol. The van der Waals surface area contributed by atoms with Crippen LogP contribution in [0.1, 0.15) is 12.5 Å². The second-order valence-electron chi connectivity index (χ2n) is 8.37. The van der Waals surface area contributed by atoms with Crippen molar-refractivity contribution in [3.05, 3.63) is 75.3 Å². The third-order valence-corrected chi connectivity index (χ3v) is 6.98. The van der Waals surface area contributed by atoms with E-state index in [9.17, 15) is 19.7 Å². The zero-order valence-electron chi connectivity index (χ0n) is 19.8. The molecule has 1 N–H and O–H groups in total. The Morgan fingerprint density at radius 1 is 1.11 bits per heavy atom. The Hall–Kier alpha value is -4.45. The molecule has 12 heteroatoms. The van der Waals surface area contributed by atoms with Gasteiger partial charge in [-0.25, -0.2) is 4.98 Å². The maximum Gasteiger partial charge on any atom is 0.323 e. The van der Waals surface area contributed by atoms with E-state index in [0.717, 1.165) is 18.8 Å². The molecule has 1 fully saturated rings. The van der Waals surface area contributed by atoms with Crippen LogP contribution in [-0.2, 0) is 9.59 Å². The van der Waals surface area contributed by atoms with Crippen LogP contribution in [0.2, 0.25) is 0 Å². The summed E-state index contributed by atoms with van der Waals surface area (Å²) in [5.41, 5.74) is 2.15. The molecule has 3 aromatic rings. The minimum Gasteiger partial charge on any atom is -0.424 e. The Morgan fingerprint density at radius 3 is 2.46 bits per heavy atom. The summed E-state index contributed by atoms with van der Waals surface area (Å²) in [6, 6.07) is 13.7. The van der Waals surface area contributed by atoms with E-state index in [-0.39, 0.29) is 23.5 Å². The van der Waals surface area contributed by atoms with Crippen molar-refractivity contribution in [2.24, 2.45) is 0 Å². The summed E-state index contributed by atoms with van der Waals surface area (Å²) in [5, 5.41) is 14.1. The topological polar surface area (TPSA) is 131 Å². The van der Waals surface area contributed by atoms with Gasteiger partial charge in [0.1, 0.15) is 10.8 Å². The molecule has 1 saturated heterocycles. The number of nitro benzene ring substituents is 1. The lowest BCUT2D eigenvalue weighted by Crippen LogP contribution is -2.48. The van der Waals surface area contributed by atoms with Gasteiger partial charge in [0.25, 0.3) is 11.6 Å². The van der Waals surface area contributed by atoms with E-state index >= 15 is 0 Å². The quantitative estimate of drug-likeness (QED) is 0.231. The van der Waals surface area contributed by atoms with Crippen molar-refractivity contribution in [2.45, 2.75) is 11.9 Å². The number of fused-ring (bicyclic) bond motifs is 1. The SMILES string of the molecule is CC(=O)N1CCN(c2ccc(Oc3ncc4c(n3)SC(=Cc3ccc([N+](=O)[O-])cc3)C(=O)N4)cc2)CC1. The van der Waals surface area contributed by atoms with Crippen molar-refractivity contribution < 1.29 is 19.2 Å². The fraction of sp³-hybridized carbons (Fsp3) is 0.200. The van der Waals surface area contributed by atoms with Crippen LogP contribution in [-0.4, -0.2) is 57.8 Å². The number of hydrogen-bond acceptors (Lipinski definition) is 9. The highest BCUT2D eigenvalue weighted by atomic mass is 32.2. The van der Waals surface area contributed by atoms with Crippen LogP contribution < -0.4 is 15.0 Å². The third-order valence-electron chi connectivity index (χ3n) is 5.95. The standard InChI is InChI=1S/C25H22N6O5S/c1-16(32)29-10-12-30(13-11-29)18-6-8-20(9-7-18)36-25-26-15-21-24(28-25)37-22(23(33)27-21)14-17-2-4-19(5-3-17)31(34)35/h2-9,14-15H,10-13H2,1H3,(H,27,33). The molecule has 37 heavy (non-hydrogen) atoms. The maximum absolute atomic E-state index is 12.5. The third kappa shape index (κ3) is 5.54. The number of piperazine rings is 1. The second kappa shape index (κ2) is 10.3. The van der Waals surface area contributed by atoms with E-state index < -0.39 is 4.92 Å². The molecule has 5 rings (SSSR count). The number of ether oxygens (including phenoxy) is 1. The summed E-state index contributed by atoms with van der Waals surface area (Å²) in [7, 11) is 0. The van der Waals surface area contributed by atoms with Crippen LogP contribution in [0.4, 0.5) is 17.1 Å². The highest BCUT2D eigenvalue weighted by Crippen LogP contribution is 2.38. The molecular formula is C25H22N6O5S. The predicted octanol–water partition coefficient (Wildman–Crippen LogP) is 3.93. The number of aromatic nitrogens is 2. The van der Waals surface area contributed by atoms with Gasteiger partial charge < -0.3 is 19.9 Å². The first kappa shape index (κ1) is 24.3. The van der Waals surface area contributed by atoms with Gasteiger partial charge in [0.05, 0.1) is 21.7 Å². The van der Waals surface area contributed by atoms with Crippen molar-refractivity contribution in [1.82, 2.24) is 14.9 Å². The van der Waals surface area contributed by atoms with Gasteiger partial charge in [0.15, 0.2) is 0 Å². The summed E-state index contributed by atoms with van der Waals surface area (Å²) in [4.78, 5) is 47.5. The number of hydrogen-bond donors (Lipinski definition) is 1. The fourth-order valence-electron chi connectivity index (χ4n) is 3.95. The van der Waals surface area contributed by atoms with E-state index in [1.54, 1.807) is 25.1 Å².